The van der Waals surface area contributed by atoms with Gasteiger partial charge in [0.05, 0.1) is 5.71 Å². The number of benzene rings is 1. The molecule has 38 heavy (non-hydrogen) atoms. The van der Waals surface area contributed by atoms with Crippen LogP contribution >= 0.6 is 0 Å². The predicted octanol–water partition coefficient (Wildman–Crippen LogP) is 6.10. The van der Waals surface area contributed by atoms with Crippen LogP contribution in [-0.2, 0) is 20.8 Å². The molecule has 0 bridgehead atoms. The van der Waals surface area contributed by atoms with Crippen LogP contribution in [0.5, 0.6) is 0 Å². The van der Waals surface area contributed by atoms with Crippen molar-refractivity contribution in [2.75, 3.05) is 0 Å². The van der Waals surface area contributed by atoms with E-state index in [0.717, 1.165) is 54.3 Å². The molecule has 3 N–H and O–H groups in total. The summed E-state index contributed by atoms with van der Waals surface area (Å²) < 4.78 is 0. The first-order valence-corrected chi connectivity index (χ1v) is 14.5. The number of rotatable bonds is 5. The van der Waals surface area contributed by atoms with Gasteiger partial charge in [-0.1, -0.05) is 48.9 Å². The van der Waals surface area contributed by atoms with Gasteiger partial charge in [-0.25, -0.2) is 4.79 Å². The molecule has 1 aromatic heterocycles. The highest BCUT2D eigenvalue weighted by Crippen LogP contribution is 2.66. The van der Waals surface area contributed by atoms with Gasteiger partial charge in [0.2, 0.25) is 0 Å². The highest BCUT2D eigenvalue weighted by molar-refractivity contribution is 5.89. The van der Waals surface area contributed by atoms with Crippen molar-refractivity contribution < 1.29 is 14.4 Å². The number of oxime groups is 1. The molecule has 0 amide bonds. The number of nitrogens with one attached hydrogen (secondary N) is 1. The predicted molar refractivity (Wildman–Crippen MR) is 149 cm³/mol. The van der Waals surface area contributed by atoms with E-state index in [1.807, 2.05) is 30.5 Å². The highest BCUT2D eigenvalue weighted by atomic mass is 16.7. The molecule has 4 aliphatic carbocycles. The molecule has 3 saturated carbocycles. The number of aromatic amines is 1. The van der Waals surface area contributed by atoms with Crippen LogP contribution < -0.4 is 5.73 Å². The molecule has 7 unspecified atom stereocenters. The van der Waals surface area contributed by atoms with Crippen molar-refractivity contribution in [1.82, 2.24) is 4.98 Å². The number of H-pyrrole nitrogens is 1. The Morgan fingerprint density at radius 2 is 1.97 bits per heavy atom. The second-order valence-electron chi connectivity index (χ2n) is 13.0. The molecule has 6 rings (SSSR count). The minimum Gasteiger partial charge on any atom is -0.361 e. The van der Waals surface area contributed by atoms with Gasteiger partial charge in [0.1, 0.15) is 11.8 Å². The topological polar surface area (TPSA) is 97.5 Å². The first kappa shape index (κ1) is 25.5. The smallest absolute Gasteiger partial charge is 0.351 e. The second-order valence-corrected chi connectivity index (χ2v) is 13.0. The Hall–Kier alpha value is -2.73. The standard InChI is InChI=1S/C32H41N3O3/c1-19(36)25-10-11-26-24-9-8-21-17-22(12-14-31(21,2)27(24)13-15-32(25,26)3)35-38-30(37)28(33)16-20-18-34-29-7-5-4-6-23(20)29/h4-8,18,24-28,34H,9-17,33H2,1-3H3. The summed E-state index contributed by atoms with van der Waals surface area (Å²) in [5.74, 6) is 2.14. The largest absolute Gasteiger partial charge is 0.361 e. The van der Waals surface area contributed by atoms with E-state index in [1.165, 1.54) is 24.8 Å². The van der Waals surface area contributed by atoms with Gasteiger partial charge in [-0.15, -0.1) is 0 Å². The Kier molecular flexibility index (Phi) is 6.37. The summed E-state index contributed by atoms with van der Waals surface area (Å²) in [5.41, 5.74) is 11.0. The van der Waals surface area contributed by atoms with E-state index < -0.39 is 12.0 Å². The SMILES string of the molecule is CC(=O)C1CCC2C3CC=C4CC(=NOC(=O)C(N)Cc5c[nH]c6ccccc56)CCC4(C)C3CCC12C. The summed E-state index contributed by atoms with van der Waals surface area (Å²) in [4.78, 5) is 33.7. The molecule has 1 aromatic carbocycles. The Morgan fingerprint density at radius 3 is 2.79 bits per heavy atom. The lowest BCUT2D eigenvalue weighted by molar-refractivity contribution is -0.145. The number of aromatic nitrogens is 1. The molecule has 1 heterocycles. The maximum Gasteiger partial charge on any atom is 0.351 e. The first-order chi connectivity index (χ1) is 18.2. The quantitative estimate of drug-likeness (QED) is 0.285. The molecule has 0 saturated heterocycles. The number of allylic oxidation sites excluding steroid dienone is 2. The van der Waals surface area contributed by atoms with Crippen molar-refractivity contribution in [3.8, 4) is 0 Å². The summed E-state index contributed by atoms with van der Waals surface area (Å²) >= 11 is 0. The van der Waals surface area contributed by atoms with Gasteiger partial charge in [-0.2, -0.15) is 0 Å². The fourth-order valence-electron chi connectivity index (χ4n) is 9.03. The van der Waals surface area contributed by atoms with Crippen molar-refractivity contribution in [1.29, 1.82) is 0 Å². The van der Waals surface area contributed by atoms with Gasteiger partial charge in [0, 0.05) is 35.9 Å². The van der Waals surface area contributed by atoms with Crippen LogP contribution in [0.2, 0.25) is 0 Å². The van der Waals surface area contributed by atoms with E-state index in [1.54, 1.807) is 6.92 Å². The van der Waals surface area contributed by atoms with E-state index in [4.69, 9.17) is 10.6 Å². The molecule has 2 aromatic rings. The lowest BCUT2D eigenvalue weighted by atomic mass is 9.47. The average molecular weight is 516 g/mol. The van der Waals surface area contributed by atoms with Crippen LogP contribution in [0, 0.1) is 34.5 Å². The van der Waals surface area contributed by atoms with Crippen LogP contribution in [-0.4, -0.2) is 28.5 Å². The van der Waals surface area contributed by atoms with Gasteiger partial charge in [0.25, 0.3) is 0 Å². The number of carbonyl (C=O) groups excluding carboxylic acids is 2. The maximum atomic E-state index is 12.7. The molecule has 6 heteroatoms. The minimum absolute atomic E-state index is 0.174. The molecular formula is C32H41N3O3. The Bertz CT molecular complexity index is 1320. The fourth-order valence-corrected chi connectivity index (χ4v) is 9.03. The third-order valence-electron chi connectivity index (χ3n) is 11.1. The van der Waals surface area contributed by atoms with Crippen LogP contribution in [0.4, 0.5) is 0 Å². The van der Waals surface area contributed by atoms with Crippen molar-refractivity contribution in [3.05, 3.63) is 47.7 Å². The van der Waals surface area contributed by atoms with E-state index in [9.17, 15) is 9.59 Å². The summed E-state index contributed by atoms with van der Waals surface area (Å²) in [5, 5.41) is 5.39. The number of hydrogen-bond acceptors (Lipinski definition) is 5. The zero-order chi connectivity index (χ0) is 26.7. The Labute approximate surface area is 225 Å². The maximum absolute atomic E-state index is 12.7. The number of carbonyl (C=O) groups is 2. The zero-order valence-electron chi connectivity index (χ0n) is 23.0. The number of nitrogens with zero attached hydrogens (tertiary/aromatic N) is 1. The Morgan fingerprint density at radius 1 is 1.16 bits per heavy atom. The molecule has 4 aliphatic rings. The van der Waals surface area contributed by atoms with Gasteiger partial charge in [0.15, 0.2) is 0 Å². The van der Waals surface area contributed by atoms with E-state index >= 15 is 0 Å². The summed E-state index contributed by atoms with van der Waals surface area (Å²) in [6, 6.07) is 7.24. The van der Waals surface area contributed by atoms with Crippen molar-refractivity contribution in [2.45, 2.75) is 84.6 Å². The summed E-state index contributed by atoms with van der Waals surface area (Å²) in [6.45, 7) is 6.65. The van der Waals surface area contributed by atoms with Crippen molar-refractivity contribution in [3.63, 3.8) is 0 Å². The lowest BCUT2D eigenvalue weighted by Gasteiger charge is -2.57. The number of Topliss-reactive ketones (excluding diaryl/α,β-unsaturated/α-hetero) is 1. The van der Waals surface area contributed by atoms with Crippen LogP contribution in [0.3, 0.4) is 0 Å². The number of ketones is 1. The van der Waals surface area contributed by atoms with E-state index in [0.29, 0.717) is 30.0 Å². The van der Waals surface area contributed by atoms with Gasteiger partial charge in [-0.05, 0) is 92.1 Å². The molecule has 202 valence electrons. The van der Waals surface area contributed by atoms with Crippen molar-refractivity contribution >= 4 is 28.4 Å². The molecule has 6 nitrogen and oxygen atoms in total. The third-order valence-corrected chi connectivity index (χ3v) is 11.1. The first-order valence-electron chi connectivity index (χ1n) is 14.5. The molecule has 0 aliphatic heterocycles. The monoisotopic (exact) mass is 515 g/mol. The van der Waals surface area contributed by atoms with E-state index in [2.05, 4.69) is 30.1 Å². The van der Waals surface area contributed by atoms with Crippen LogP contribution in [0.25, 0.3) is 10.9 Å². The molecule has 3 fully saturated rings. The fraction of sp³-hybridized carbons (Fsp3) is 0.594. The van der Waals surface area contributed by atoms with Gasteiger partial charge in [-0.3, -0.25) is 4.79 Å². The van der Waals surface area contributed by atoms with Gasteiger partial charge < -0.3 is 15.6 Å². The molecule has 7 atom stereocenters. The number of nitrogens with two attached hydrogens (primary N) is 1. The van der Waals surface area contributed by atoms with Crippen LogP contribution in [0.1, 0.15) is 77.7 Å². The summed E-state index contributed by atoms with van der Waals surface area (Å²) in [6.07, 6.45) is 13.2. The lowest BCUT2D eigenvalue weighted by Crippen LogP contribution is -2.50. The van der Waals surface area contributed by atoms with Crippen molar-refractivity contribution in [2.24, 2.45) is 45.4 Å². The molecule has 0 radical (unpaired) electrons. The summed E-state index contributed by atoms with van der Waals surface area (Å²) in [7, 11) is 0. The number of para-hydroxylation sites is 1. The third kappa shape index (κ3) is 4.07. The second kappa shape index (κ2) is 9.48. The zero-order valence-corrected chi connectivity index (χ0v) is 23.0. The Balaban J connectivity index is 1.11. The van der Waals surface area contributed by atoms with Gasteiger partial charge >= 0.3 is 5.97 Å². The van der Waals surface area contributed by atoms with Crippen LogP contribution in [0.15, 0.2) is 47.3 Å². The minimum atomic E-state index is -0.760. The number of fused-ring (bicyclic) bond motifs is 6. The van der Waals surface area contributed by atoms with E-state index in [-0.39, 0.29) is 16.7 Å². The normalized spacial score (nSPS) is 36.2. The molecular weight excluding hydrogens is 474 g/mol. The highest BCUT2D eigenvalue weighted by Gasteiger charge is 2.59. The molecule has 0 spiro atoms. The number of hydrogen-bond donors (Lipinski definition) is 2. The average Bonchev–Trinajstić information content (AvgIpc) is 3.47.